The number of hydrogen-bond donors (Lipinski definition) is 2. The quantitative estimate of drug-likeness (QED) is 0.583. The van der Waals surface area contributed by atoms with Crippen molar-refractivity contribution in [1.82, 2.24) is 5.32 Å². The van der Waals surface area contributed by atoms with E-state index < -0.39 is 11.5 Å². The molecule has 0 heterocycles. The largest absolute Gasteiger partial charge is 0.480 e. The molecule has 84 valence electrons. The van der Waals surface area contributed by atoms with E-state index in [1.807, 2.05) is 13.8 Å². The maximum absolute atomic E-state index is 11.1. The average Bonchev–Trinajstić information content (AvgIpc) is 2.18. The van der Waals surface area contributed by atoms with Crippen LogP contribution in [0.1, 0.15) is 33.1 Å². The van der Waals surface area contributed by atoms with Gasteiger partial charge in [0.05, 0.1) is 0 Å². The molecule has 2 N–H and O–H groups in total. The Morgan fingerprint density at radius 2 is 2.00 bits per heavy atom. The Bertz CT molecular complexity index is 167. The Morgan fingerprint density at radius 3 is 2.36 bits per heavy atom. The first-order chi connectivity index (χ1) is 6.63. The lowest BCUT2D eigenvalue weighted by molar-refractivity contribution is -0.145. The Morgan fingerprint density at radius 1 is 1.43 bits per heavy atom. The Labute approximate surface area is 85.6 Å². The van der Waals surface area contributed by atoms with Crippen molar-refractivity contribution >= 4 is 5.97 Å². The molecule has 0 fully saturated rings. The molecule has 0 aliphatic carbocycles. The lowest BCUT2D eigenvalue weighted by Crippen LogP contribution is -2.51. The van der Waals surface area contributed by atoms with Crippen LogP contribution < -0.4 is 5.32 Å². The molecule has 4 heteroatoms. The molecule has 0 unspecified atom stereocenters. The Kier molecular flexibility index (Phi) is 6.49. The second-order valence-corrected chi connectivity index (χ2v) is 3.37. The number of methoxy groups -OCH3 is 1. The zero-order chi connectivity index (χ0) is 11.0. The number of nitrogens with one attached hydrogen (secondary N) is 1. The van der Waals surface area contributed by atoms with Gasteiger partial charge in [-0.2, -0.15) is 0 Å². The molecule has 0 amide bonds. The van der Waals surface area contributed by atoms with E-state index in [1.165, 1.54) is 0 Å². The second-order valence-electron chi connectivity index (χ2n) is 3.37. The van der Waals surface area contributed by atoms with E-state index in [9.17, 15) is 4.79 Å². The third-order valence-corrected chi connectivity index (χ3v) is 2.61. The molecule has 0 aliphatic rings. The van der Waals surface area contributed by atoms with Crippen LogP contribution in [0.5, 0.6) is 0 Å². The highest BCUT2D eigenvalue weighted by atomic mass is 16.5. The van der Waals surface area contributed by atoms with Gasteiger partial charge in [0.2, 0.25) is 0 Å². The van der Waals surface area contributed by atoms with Gasteiger partial charge in [-0.3, -0.25) is 4.79 Å². The highest BCUT2D eigenvalue weighted by Crippen LogP contribution is 2.15. The van der Waals surface area contributed by atoms with Crippen LogP contribution in [0.3, 0.4) is 0 Å². The molecule has 0 radical (unpaired) electrons. The molecule has 4 nitrogen and oxygen atoms in total. The zero-order valence-electron chi connectivity index (χ0n) is 9.30. The zero-order valence-corrected chi connectivity index (χ0v) is 9.30. The Hall–Kier alpha value is -0.610. The number of hydrogen-bond acceptors (Lipinski definition) is 3. The van der Waals surface area contributed by atoms with Crippen LogP contribution in [-0.2, 0) is 9.53 Å². The van der Waals surface area contributed by atoms with Gasteiger partial charge >= 0.3 is 5.97 Å². The van der Waals surface area contributed by atoms with Gasteiger partial charge in [0.15, 0.2) is 0 Å². The van der Waals surface area contributed by atoms with E-state index in [1.54, 1.807) is 7.11 Å². The van der Waals surface area contributed by atoms with E-state index in [2.05, 4.69) is 5.32 Å². The topological polar surface area (TPSA) is 58.6 Å². The fourth-order valence-corrected chi connectivity index (χ4v) is 1.42. The predicted molar refractivity (Wildman–Crippen MR) is 55.4 cm³/mol. The lowest BCUT2D eigenvalue weighted by atomic mass is 9.93. The minimum atomic E-state index is -0.764. The summed E-state index contributed by atoms with van der Waals surface area (Å²) in [4.78, 5) is 11.1. The van der Waals surface area contributed by atoms with E-state index in [-0.39, 0.29) is 0 Å². The normalized spacial score (nSPS) is 11.6. The molecule has 0 aliphatic heterocycles. The van der Waals surface area contributed by atoms with E-state index >= 15 is 0 Å². The molecule has 14 heavy (non-hydrogen) atoms. The van der Waals surface area contributed by atoms with Crippen molar-refractivity contribution in [2.75, 3.05) is 20.3 Å². The molecule has 0 spiro atoms. The number of carbonyl (C=O) groups is 1. The van der Waals surface area contributed by atoms with Crippen LogP contribution >= 0.6 is 0 Å². The summed E-state index contributed by atoms with van der Waals surface area (Å²) in [7, 11) is 1.64. The van der Waals surface area contributed by atoms with Gasteiger partial charge in [-0.1, -0.05) is 13.8 Å². The van der Waals surface area contributed by atoms with Gasteiger partial charge in [-0.25, -0.2) is 0 Å². The van der Waals surface area contributed by atoms with Crippen LogP contribution in [0.15, 0.2) is 0 Å². The summed E-state index contributed by atoms with van der Waals surface area (Å²) < 4.78 is 4.90. The van der Waals surface area contributed by atoms with E-state index in [0.29, 0.717) is 26.0 Å². The molecule has 0 bridgehead atoms. The lowest BCUT2D eigenvalue weighted by Gasteiger charge is -2.28. The summed E-state index contributed by atoms with van der Waals surface area (Å²) in [6, 6.07) is 0. The van der Waals surface area contributed by atoms with E-state index in [0.717, 1.165) is 6.42 Å². The number of carboxylic acid groups (broad SMARTS) is 1. The van der Waals surface area contributed by atoms with Crippen molar-refractivity contribution in [3.8, 4) is 0 Å². The Balaban J connectivity index is 4.02. The molecule has 0 aromatic rings. The second kappa shape index (κ2) is 6.79. The van der Waals surface area contributed by atoms with Crippen LogP contribution in [0.4, 0.5) is 0 Å². The van der Waals surface area contributed by atoms with Crippen LogP contribution in [0, 0.1) is 0 Å². The van der Waals surface area contributed by atoms with Gasteiger partial charge in [0, 0.05) is 13.7 Å². The highest BCUT2D eigenvalue weighted by Gasteiger charge is 2.33. The summed E-state index contributed by atoms with van der Waals surface area (Å²) in [5.74, 6) is -0.764. The summed E-state index contributed by atoms with van der Waals surface area (Å²) in [5, 5.41) is 12.2. The van der Waals surface area contributed by atoms with Crippen molar-refractivity contribution in [2.24, 2.45) is 0 Å². The fourth-order valence-electron chi connectivity index (χ4n) is 1.42. The van der Waals surface area contributed by atoms with Crippen molar-refractivity contribution in [1.29, 1.82) is 0 Å². The van der Waals surface area contributed by atoms with Gasteiger partial charge in [-0.15, -0.1) is 0 Å². The van der Waals surface area contributed by atoms with Crippen LogP contribution in [0.25, 0.3) is 0 Å². The number of ether oxygens (including phenoxy) is 1. The molecule has 0 aromatic heterocycles. The molecular formula is C10H21NO3. The van der Waals surface area contributed by atoms with Crippen LogP contribution in [0.2, 0.25) is 0 Å². The van der Waals surface area contributed by atoms with Gasteiger partial charge in [0.25, 0.3) is 0 Å². The van der Waals surface area contributed by atoms with Crippen molar-refractivity contribution in [3.63, 3.8) is 0 Å². The van der Waals surface area contributed by atoms with E-state index in [4.69, 9.17) is 9.84 Å². The molecule has 0 atom stereocenters. The molecule has 0 rings (SSSR count). The van der Waals surface area contributed by atoms with Crippen molar-refractivity contribution in [2.45, 2.75) is 38.6 Å². The summed E-state index contributed by atoms with van der Waals surface area (Å²) in [6.45, 7) is 5.12. The fraction of sp³-hybridized carbons (Fsp3) is 0.900. The van der Waals surface area contributed by atoms with Gasteiger partial charge < -0.3 is 15.2 Å². The minimum absolute atomic E-state index is 0.603. The maximum atomic E-state index is 11.1. The first-order valence-corrected chi connectivity index (χ1v) is 5.10. The molecule has 0 aromatic carbocycles. The van der Waals surface area contributed by atoms with Crippen LogP contribution in [-0.4, -0.2) is 36.9 Å². The first kappa shape index (κ1) is 13.4. The van der Waals surface area contributed by atoms with Gasteiger partial charge in [0.1, 0.15) is 5.54 Å². The number of rotatable bonds is 8. The third-order valence-electron chi connectivity index (χ3n) is 2.61. The van der Waals surface area contributed by atoms with Crippen molar-refractivity contribution in [3.05, 3.63) is 0 Å². The summed E-state index contributed by atoms with van der Waals surface area (Å²) in [6.07, 6.45) is 2.04. The summed E-state index contributed by atoms with van der Waals surface area (Å²) >= 11 is 0. The van der Waals surface area contributed by atoms with Gasteiger partial charge in [-0.05, 0) is 25.8 Å². The smallest absolute Gasteiger partial charge is 0.323 e. The summed E-state index contributed by atoms with van der Waals surface area (Å²) in [5.41, 5.74) is -0.756. The predicted octanol–water partition coefficient (Wildman–Crippen LogP) is 1.26. The molecule has 0 saturated carbocycles. The number of carboxylic acids is 1. The SMILES string of the molecule is CCC(CC)(NCCCOC)C(=O)O. The average molecular weight is 203 g/mol. The molecule has 0 saturated heterocycles. The third kappa shape index (κ3) is 3.64. The molecular weight excluding hydrogens is 182 g/mol. The monoisotopic (exact) mass is 203 g/mol. The number of aliphatic carboxylic acids is 1. The van der Waals surface area contributed by atoms with Crippen molar-refractivity contribution < 1.29 is 14.6 Å². The standard InChI is InChI=1S/C10H21NO3/c1-4-10(5-2,9(12)13)11-7-6-8-14-3/h11H,4-8H2,1-3H3,(H,12,13). The maximum Gasteiger partial charge on any atom is 0.323 e. The minimum Gasteiger partial charge on any atom is -0.480 e. The highest BCUT2D eigenvalue weighted by molar-refractivity contribution is 5.78. The first-order valence-electron chi connectivity index (χ1n) is 5.10.